The zero-order chi connectivity index (χ0) is 14.4. The first kappa shape index (κ1) is 15.6. The Balaban J connectivity index is 2.62. The third kappa shape index (κ3) is 4.95. The van der Waals surface area contributed by atoms with E-state index in [1.54, 1.807) is 19.1 Å². The molecule has 0 aliphatic rings. The molecule has 0 saturated heterocycles. The molecule has 1 N–H and O–H groups in total. The lowest BCUT2D eigenvalue weighted by Crippen LogP contribution is -2.31. The van der Waals surface area contributed by atoms with Gasteiger partial charge in [0.1, 0.15) is 0 Å². The summed E-state index contributed by atoms with van der Waals surface area (Å²) in [6.07, 6.45) is -2.46. The Hall–Kier alpha value is -1.49. The molecular weight excluding hydrogens is 252 g/mol. The monoisotopic (exact) mass is 271 g/mol. The maximum atomic E-state index is 12.4. The van der Waals surface area contributed by atoms with E-state index in [1.165, 1.54) is 12.1 Å². The maximum Gasteiger partial charge on any atom is 0.307 e. The second-order valence-corrected chi connectivity index (χ2v) is 4.61. The van der Waals surface area contributed by atoms with Gasteiger partial charge in [-0.05, 0) is 12.1 Å². The Kier molecular flexibility index (Phi) is 5.89. The summed E-state index contributed by atoms with van der Waals surface area (Å²) in [6.45, 7) is 5.33. The highest BCUT2D eigenvalue weighted by atomic mass is 19.3. The van der Waals surface area contributed by atoms with Crippen LogP contribution in [0.4, 0.5) is 8.78 Å². The Morgan fingerprint density at radius 3 is 2.32 bits per heavy atom. The van der Waals surface area contributed by atoms with Gasteiger partial charge in [-0.25, -0.2) is 8.78 Å². The summed E-state index contributed by atoms with van der Waals surface area (Å²) >= 11 is 0. The van der Waals surface area contributed by atoms with Gasteiger partial charge in [0.05, 0.1) is 5.92 Å². The fraction of sp³-hybridized carbons (Fsp3) is 0.500. The summed E-state index contributed by atoms with van der Waals surface area (Å²) < 4.78 is 24.8. The van der Waals surface area contributed by atoms with Crippen LogP contribution in [0.3, 0.4) is 0 Å². The van der Waals surface area contributed by atoms with Crippen LogP contribution in [0.15, 0.2) is 24.3 Å². The highest BCUT2D eigenvalue weighted by molar-refractivity contribution is 5.69. The lowest BCUT2D eigenvalue weighted by Gasteiger charge is -2.22. The number of carbonyl (C=O) groups is 1. The molecule has 0 aromatic heterocycles. The molecule has 19 heavy (non-hydrogen) atoms. The number of hydrogen-bond donors (Lipinski definition) is 1. The van der Waals surface area contributed by atoms with Crippen LogP contribution in [0, 0.1) is 5.92 Å². The first-order chi connectivity index (χ1) is 8.93. The van der Waals surface area contributed by atoms with Crippen molar-refractivity contribution >= 4 is 5.97 Å². The average Bonchev–Trinajstić information content (AvgIpc) is 2.38. The van der Waals surface area contributed by atoms with Crippen molar-refractivity contribution in [3.8, 4) is 0 Å². The second kappa shape index (κ2) is 7.19. The van der Waals surface area contributed by atoms with E-state index in [-0.39, 0.29) is 5.56 Å². The van der Waals surface area contributed by atoms with Gasteiger partial charge in [0.25, 0.3) is 6.43 Å². The maximum absolute atomic E-state index is 12.4. The van der Waals surface area contributed by atoms with Gasteiger partial charge in [-0.1, -0.05) is 38.1 Å². The molecule has 0 heterocycles. The van der Waals surface area contributed by atoms with Crippen molar-refractivity contribution in [2.75, 3.05) is 13.1 Å². The van der Waals surface area contributed by atoms with Crippen LogP contribution < -0.4 is 0 Å². The van der Waals surface area contributed by atoms with Crippen molar-refractivity contribution in [1.82, 2.24) is 4.90 Å². The van der Waals surface area contributed by atoms with Crippen LogP contribution in [-0.2, 0) is 11.3 Å². The Labute approximate surface area is 111 Å². The number of rotatable bonds is 7. The molecule has 1 aromatic rings. The molecule has 0 aliphatic heterocycles. The first-order valence-corrected chi connectivity index (χ1v) is 6.26. The van der Waals surface area contributed by atoms with Crippen molar-refractivity contribution in [3.63, 3.8) is 0 Å². The summed E-state index contributed by atoms with van der Waals surface area (Å²) in [5.41, 5.74) is 0.912. The molecule has 1 aromatic carbocycles. The van der Waals surface area contributed by atoms with E-state index >= 15 is 0 Å². The lowest BCUT2D eigenvalue weighted by molar-refractivity contribution is -0.141. The number of carboxylic acid groups (broad SMARTS) is 1. The third-order valence-electron chi connectivity index (χ3n) is 3.04. The summed E-state index contributed by atoms with van der Waals surface area (Å²) in [4.78, 5) is 12.8. The van der Waals surface area contributed by atoms with Crippen molar-refractivity contribution < 1.29 is 18.7 Å². The van der Waals surface area contributed by atoms with Crippen LogP contribution in [0.25, 0.3) is 0 Å². The van der Waals surface area contributed by atoms with Crippen LogP contribution in [0.5, 0.6) is 0 Å². The van der Waals surface area contributed by atoms with E-state index in [2.05, 4.69) is 0 Å². The molecule has 0 bridgehead atoms. The zero-order valence-corrected chi connectivity index (χ0v) is 11.1. The third-order valence-corrected chi connectivity index (χ3v) is 3.04. The summed E-state index contributed by atoms with van der Waals surface area (Å²) in [5.74, 6) is -1.27. The number of hydrogen-bond acceptors (Lipinski definition) is 2. The predicted octanol–water partition coefficient (Wildman–Crippen LogP) is 3.17. The molecule has 1 atom stereocenters. The molecule has 0 saturated carbocycles. The van der Waals surface area contributed by atoms with Gasteiger partial charge in [0.15, 0.2) is 0 Å². The number of halogens is 2. The number of benzene rings is 1. The number of carboxylic acids is 1. The number of nitrogens with zero attached hydrogens (tertiary/aromatic N) is 1. The van der Waals surface area contributed by atoms with Gasteiger partial charge in [-0.15, -0.1) is 0 Å². The Bertz CT molecular complexity index is 406. The quantitative estimate of drug-likeness (QED) is 0.828. The topological polar surface area (TPSA) is 40.5 Å². The van der Waals surface area contributed by atoms with Crippen LogP contribution >= 0.6 is 0 Å². The molecule has 0 aliphatic carbocycles. The molecule has 106 valence electrons. The van der Waals surface area contributed by atoms with E-state index in [0.29, 0.717) is 19.6 Å². The highest BCUT2D eigenvalue weighted by Gasteiger charge is 2.15. The minimum atomic E-state index is -2.46. The van der Waals surface area contributed by atoms with E-state index in [0.717, 1.165) is 5.56 Å². The summed E-state index contributed by atoms with van der Waals surface area (Å²) in [6, 6.07) is 6.15. The standard InChI is InChI=1S/C14H19F2NO2/c1-3-17(8-10(2)14(18)19)9-11-4-6-12(7-5-11)13(15)16/h4-7,10,13H,3,8-9H2,1-2H3,(H,18,19). The van der Waals surface area contributed by atoms with E-state index in [9.17, 15) is 13.6 Å². The second-order valence-electron chi connectivity index (χ2n) is 4.61. The number of alkyl halides is 2. The molecule has 3 nitrogen and oxygen atoms in total. The Morgan fingerprint density at radius 1 is 1.32 bits per heavy atom. The van der Waals surface area contributed by atoms with Gasteiger partial charge >= 0.3 is 5.97 Å². The first-order valence-electron chi connectivity index (χ1n) is 6.26. The van der Waals surface area contributed by atoms with Crippen molar-refractivity contribution in [2.45, 2.75) is 26.8 Å². The summed E-state index contributed by atoms with van der Waals surface area (Å²) in [5, 5.41) is 8.88. The fourth-order valence-corrected chi connectivity index (χ4v) is 1.80. The van der Waals surface area contributed by atoms with Crippen molar-refractivity contribution in [3.05, 3.63) is 35.4 Å². The van der Waals surface area contributed by atoms with Crippen molar-refractivity contribution in [2.24, 2.45) is 5.92 Å². The molecule has 0 fully saturated rings. The molecule has 0 spiro atoms. The van der Waals surface area contributed by atoms with E-state index < -0.39 is 18.3 Å². The van der Waals surface area contributed by atoms with E-state index in [1.807, 2.05) is 11.8 Å². The minimum Gasteiger partial charge on any atom is -0.481 e. The number of aliphatic carboxylic acids is 1. The molecular formula is C14H19F2NO2. The SMILES string of the molecule is CCN(Cc1ccc(C(F)F)cc1)CC(C)C(=O)O. The van der Waals surface area contributed by atoms with Gasteiger partial charge in [-0.3, -0.25) is 9.69 Å². The fourth-order valence-electron chi connectivity index (χ4n) is 1.80. The molecule has 1 rings (SSSR count). The van der Waals surface area contributed by atoms with E-state index in [4.69, 9.17) is 5.11 Å². The largest absolute Gasteiger partial charge is 0.481 e. The minimum absolute atomic E-state index is 0.00528. The lowest BCUT2D eigenvalue weighted by atomic mass is 10.1. The normalized spacial score (nSPS) is 12.9. The van der Waals surface area contributed by atoms with Gasteiger partial charge in [-0.2, -0.15) is 0 Å². The van der Waals surface area contributed by atoms with Crippen molar-refractivity contribution in [1.29, 1.82) is 0 Å². The summed E-state index contributed by atoms with van der Waals surface area (Å²) in [7, 11) is 0. The van der Waals surface area contributed by atoms with Gasteiger partial charge in [0.2, 0.25) is 0 Å². The molecule has 5 heteroatoms. The highest BCUT2D eigenvalue weighted by Crippen LogP contribution is 2.19. The molecule has 1 unspecified atom stereocenters. The zero-order valence-electron chi connectivity index (χ0n) is 11.1. The predicted molar refractivity (Wildman–Crippen MR) is 69.1 cm³/mol. The average molecular weight is 271 g/mol. The van der Waals surface area contributed by atoms with Gasteiger partial charge in [0, 0.05) is 18.7 Å². The molecule has 0 radical (unpaired) electrons. The van der Waals surface area contributed by atoms with Crippen LogP contribution in [0.2, 0.25) is 0 Å². The van der Waals surface area contributed by atoms with Crippen LogP contribution in [0.1, 0.15) is 31.4 Å². The van der Waals surface area contributed by atoms with Crippen LogP contribution in [-0.4, -0.2) is 29.1 Å². The van der Waals surface area contributed by atoms with Gasteiger partial charge < -0.3 is 5.11 Å². The smallest absolute Gasteiger partial charge is 0.307 e. The Morgan fingerprint density at radius 2 is 1.89 bits per heavy atom. The molecule has 0 amide bonds.